The average molecular weight is 245 g/mol. The molecule has 18 heavy (non-hydrogen) atoms. The molecule has 0 bridgehead atoms. The van der Waals surface area contributed by atoms with Gasteiger partial charge >= 0.3 is 0 Å². The molecule has 3 unspecified atom stereocenters. The number of phenolic OH excluding ortho intramolecular Hbond substituents is 1. The van der Waals surface area contributed by atoms with E-state index in [0.29, 0.717) is 29.2 Å². The highest BCUT2D eigenvalue weighted by Gasteiger charge is 2.66. The van der Waals surface area contributed by atoms with Crippen molar-refractivity contribution in [2.75, 3.05) is 11.9 Å². The minimum Gasteiger partial charge on any atom is -0.508 e. The van der Waals surface area contributed by atoms with Crippen LogP contribution in [0.5, 0.6) is 5.75 Å². The third-order valence-corrected chi connectivity index (χ3v) is 5.20. The van der Waals surface area contributed by atoms with Crippen molar-refractivity contribution in [1.82, 2.24) is 0 Å². The summed E-state index contributed by atoms with van der Waals surface area (Å²) in [5.74, 6) is 1.01. The van der Waals surface area contributed by atoms with Gasteiger partial charge in [0.1, 0.15) is 5.75 Å². The third kappa shape index (κ3) is 1.28. The van der Waals surface area contributed by atoms with Gasteiger partial charge in [-0.1, -0.05) is 12.5 Å². The van der Waals surface area contributed by atoms with Crippen LogP contribution in [0.2, 0.25) is 0 Å². The largest absolute Gasteiger partial charge is 0.508 e. The van der Waals surface area contributed by atoms with Crippen molar-refractivity contribution in [2.45, 2.75) is 37.8 Å². The van der Waals surface area contributed by atoms with E-state index in [1.165, 1.54) is 25.7 Å². The van der Waals surface area contributed by atoms with E-state index in [2.05, 4.69) is 5.32 Å². The quantitative estimate of drug-likeness (QED) is 0.841. The first kappa shape index (κ1) is 10.7. The van der Waals surface area contributed by atoms with E-state index in [-0.39, 0.29) is 0 Å². The highest BCUT2D eigenvalue weighted by molar-refractivity contribution is 5.50. The minimum atomic E-state index is 0.334. The van der Waals surface area contributed by atoms with Gasteiger partial charge in [0.25, 0.3) is 0 Å². The van der Waals surface area contributed by atoms with Crippen LogP contribution in [0, 0.1) is 11.3 Å². The van der Waals surface area contributed by atoms with Gasteiger partial charge < -0.3 is 15.2 Å². The van der Waals surface area contributed by atoms with Crippen LogP contribution >= 0.6 is 0 Å². The molecular weight excluding hydrogens is 226 g/mol. The summed E-state index contributed by atoms with van der Waals surface area (Å²) in [6.45, 7) is 0.926. The molecule has 3 heteroatoms. The lowest BCUT2D eigenvalue weighted by molar-refractivity contribution is -0.158. The smallest absolute Gasteiger partial charge is 0.117 e. The lowest BCUT2D eigenvalue weighted by atomic mass is 9.46. The van der Waals surface area contributed by atoms with Gasteiger partial charge in [-0.25, -0.2) is 0 Å². The summed E-state index contributed by atoms with van der Waals surface area (Å²) in [5.41, 5.74) is 1.43. The Balaban J connectivity index is 1.57. The molecule has 0 radical (unpaired) electrons. The summed E-state index contributed by atoms with van der Waals surface area (Å²) >= 11 is 0. The molecule has 2 saturated carbocycles. The van der Waals surface area contributed by atoms with Gasteiger partial charge in [-0.05, 0) is 31.4 Å². The van der Waals surface area contributed by atoms with Crippen molar-refractivity contribution in [3.8, 4) is 5.75 Å². The molecule has 1 aromatic carbocycles. The second-order valence-electron chi connectivity index (χ2n) is 6.00. The molecule has 96 valence electrons. The van der Waals surface area contributed by atoms with E-state index in [4.69, 9.17) is 4.74 Å². The molecule has 4 rings (SSSR count). The van der Waals surface area contributed by atoms with Gasteiger partial charge in [-0.2, -0.15) is 0 Å². The first-order valence-corrected chi connectivity index (χ1v) is 6.97. The maximum absolute atomic E-state index is 9.54. The number of anilines is 1. The van der Waals surface area contributed by atoms with Gasteiger partial charge in [-0.15, -0.1) is 0 Å². The highest BCUT2D eigenvalue weighted by atomic mass is 16.5. The van der Waals surface area contributed by atoms with Crippen LogP contribution in [0.25, 0.3) is 0 Å². The van der Waals surface area contributed by atoms with Crippen LogP contribution in [0.1, 0.15) is 25.7 Å². The highest BCUT2D eigenvalue weighted by Crippen LogP contribution is 2.63. The van der Waals surface area contributed by atoms with Crippen molar-refractivity contribution in [3.05, 3.63) is 24.3 Å². The second-order valence-corrected chi connectivity index (χ2v) is 6.00. The normalized spacial score (nSPS) is 35.7. The molecule has 2 aliphatic carbocycles. The monoisotopic (exact) mass is 245 g/mol. The Morgan fingerprint density at radius 3 is 2.94 bits per heavy atom. The zero-order valence-electron chi connectivity index (χ0n) is 10.4. The van der Waals surface area contributed by atoms with Gasteiger partial charge in [-0.3, -0.25) is 0 Å². The Morgan fingerprint density at radius 2 is 2.22 bits per heavy atom. The zero-order chi connectivity index (χ0) is 12.2. The Labute approximate surface area is 107 Å². The van der Waals surface area contributed by atoms with Gasteiger partial charge in [0, 0.05) is 35.7 Å². The first-order chi connectivity index (χ1) is 8.79. The molecule has 3 nitrogen and oxygen atoms in total. The van der Waals surface area contributed by atoms with Crippen molar-refractivity contribution in [3.63, 3.8) is 0 Å². The topological polar surface area (TPSA) is 41.5 Å². The van der Waals surface area contributed by atoms with Crippen molar-refractivity contribution in [1.29, 1.82) is 0 Å². The Hall–Kier alpha value is -1.22. The fraction of sp³-hybridized carbons (Fsp3) is 0.600. The summed E-state index contributed by atoms with van der Waals surface area (Å²) in [6, 6.07) is 8.00. The summed E-state index contributed by atoms with van der Waals surface area (Å²) in [6.07, 6.45) is 5.62. The predicted molar refractivity (Wildman–Crippen MR) is 69.6 cm³/mol. The molecule has 0 aromatic heterocycles. The molecule has 1 spiro atoms. The number of hydrogen-bond acceptors (Lipinski definition) is 3. The van der Waals surface area contributed by atoms with Crippen LogP contribution in [0.3, 0.4) is 0 Å². The number of benzene rings is 1. The minimum absolute atomic E-state index is 0.334. The average Bonchev–Trinajstić information content (AvgIpc) is 2.69. The maximum Gasteiger partial charge on any atom is 0.117 e. The number of ether oxygens (including phenoxy) is 1. The SMILES string of the molecule is Oc1cccc(NC2C3CCOC3C23CCC3)c1. The number of rotatable bonds is 2. The van der Waals surface area contributed by atoms with E-state index in [1.807, 2.05) is 18.2 Å². The lowest BCUT2D eigenvalue weighted by Gasteiger charge is -2.63. The fourth-order valence-corrected chi connectivity index (χ4v) is 4.23. The van der Waals surface area contributed by atoms with Crippen LogP contribution in [0.15, 0.2) is 24.3 Å². The molecule has 0 amide bonds. The first-order valence-electron chi connectivity index (χ1n) is 6.97. The van der Waals surface area contributed by atoms with E-state index >= 15 is 0 Å². The molecular formula is C15H19NO2. The Kier molecular flexibility index (Phi) is 2.16. The predicted octanol–water partition coefficient (Wildman–Crippen LogP) is 2.76. The van der Waals surface area contributed by atoms with Crippen molar-refractivity contribution < 1.29 is 9.84 Å². The third-order valence-electron chi connectivity index (χ3n) is 5.20. The number of phenols is 1. The summed E-state index contributed by atoms with van der Waals surface area (Å²) in [7, 11) is 0. The van der Waals surface area contributed by atoms with E-state index < -0.39 is 0 Å². The molecule has 1 aromatic rings. The maximum atomic E-state index is 9.54. The van der Waals surface area contributed by atoms with E-state index in [9.17, 15) is 5.11 Å². The molecule has 3 fully saturated rings. The Bertz CT molecular complexity index is 469. The number of fused-ring (bicyclic) bond motifs is 2. The summed E-state index contributed by atoms with van der Waals surface area (Å²) < 4.78 is 5.91. The van der Waals surface area contributed by atoms with Gasteiger partial charge in [0.15, 0.2) is 0 Å². The van der Waals surface area contributed by atoms with E-state index in [1.54, 1.807) is 6.07 Å². The van der Waals surface area contributed by atoms with Gasteiger partial charge in [0.05, 0.1) is 6.10 Å². The van der Waals surface area contributed by atoms with Gasteiger partial charge in [0.2, 0.25) is 0 Å². The standard InChI is InChI=1S/C15H19NO2/c17-11-4-1-3-10(9-11)16-13-12-5-8-18-14(12)15(13)6-2-7-15/h1,3-4,9,12-14,16-17H,2,5-8H2. The van der Waals surface area contributed by atoms with E-state index in [0.717, 1.165) is 12.3 Å². The number of aromatic hydroxyl groups is 1. The molecule has 1 saturated heterocycles. The molecule has 1 heterocycles. The zero-order valence-corrected chi connectivity index (χ0v) is 10.4. The van der Waals surface area contributed by atoms with Crippen molar-refractivity contribution >= 4 is 5.69 Å². The lowest BCUT2D eigenvalue weighted by Crippen LogP contribution is -2.68. The number of hydrogen-bond donors (Lipinski definition) is 2. The van der Waals surface area contributed by atoms with Crippen LogP contribution in [0.4, 0.5) is 5.69 Å². The Morgan fingerprint density at radius 1 is 1.33 bits per heavy atom. The summed E-state index contributed by atoms with van der Waals surface area (Å²) in [4.78, 5) is 0. The molecule has 3 aliphatic rings. The molecule has 2 N–H and O–H groups in total. The fourth-order valence-electron chi connectivity index (χ4n) is 4.23. The van der Waals surface area contributed by atoms with Crippen LogP contribution < -0.4 is 5.32 Å². The molecule has 1 aliphatic heterocycles. The summed E-state index contributed by atoms with van der Waals surface area (Å²) in [5, 5.41) is 13.2. The van der Waals surface area contributed by atoms with Crippen LogP contribution in [-0.2, 0) is 4.74 Å². The van der Waals surface area contributed by atoms with Crippen molar-refractivity contribution in [2.24, 2.45) is 11.3 Å². The molecule has 3 atom stereocenters. The second kappa shape index (κ2) is 3.64. The van der Waals surface area contributed by atoms with Crippen LogP contribution in [-0.4, -0.2) is 23.9 Å². The number of nitrogens with one attached hydrogen (secondary N) is 1.